The fourth-order valence-electron chi connectivity index (χ4n) is 3.81. The lowest BCUT2D eigenvalue weighted by atomic mass is 10.2. The largest absolute Gasteiger partial charge is 0.508 e. The fourth-order valence-corrected chi connectivity index (χ4v) is 8.42. The van der Waals surface area contributed by atoms with Crippen molar-refractivity contribution in [3.05, 3.63) is 84.9 Å². The Labute approximate surface area is 175 Å². The molecule has 4 heteroatoms. The molecule has 152 valence electrons. The van der Waals surface area contributed by atoms with Crippen molar-refractivity contribution >= 4 is 18.7 Å². The number of hydrogen-bond acceptors (Lipinski definition) is 3. The minimum atomic E-state index is -2.48. The normalized spacial score (nSPS) is 12.0. The van der Waals surface area contributed by atoms with Gasteiger partial charge < -0.3 is 14.3 Å². The van der Waals surface area contributed by atoms with E-state index < -0.39 is 8.32 Å². The third kappa shape index (κ3) is 4.89. The summed E-state index contributed by atoms with van der Waals surface area (Å²) >= 11 is 0. The Morgan fingerprint density at radius 1 is 0.759 bits per heavy atom. The average Bonchev–Trinajstić information content (AvgIpc) is 2.71. The predicted molar refractivity (Wildman–Crippen MR) is 122 cm³/mol. The van der Waals surface area contributed by atoms with E-state index >= 15 is 0 Å². The van der Waals surface area contributed by atoms with Crippen molar-refractivity contribution in [1.29, 1.82) is 0 Å². The Bertz CT molecular complexity index is 849. The van der Waals surface area contributed by atoms with Crippen LogP contribution in [0, 0.1) is 0 Å². The first-order valence-corrected chi connectivity index (χ1v) is 12.0. The highest BCUT2D eigenvalue weighted by atomic mass is 28.4. The van der Waals surface area contributed by atoms with Crippen LogP contribution in [0.2, 0.25) is 5.04 Å². The van der Waals surface area contributed by atoms with E-state index in [1.54, 1.807) is 18.2 Å². The molecule has 0 saturated carbocycles. The quantitative estimate of drug-likeness (QED) is 0.434. The summed E-state index contributed by atoms with van der Waals surface area (Å²) in [6, 6.07) is 28.2. The SMILES string of the molecule is CC(C)(C)[Si](OCCCOc1cccc(O)c1)(c1ccccc1)c1ccccc1. The number of rotatable bonds is 8. The molecule has 0 fully saturated rings. The number of benzene rings is 3. The number of aromatic hydroxyl groups is 1. The standard InChI is InChI=1S/C25H30O3Si/c1-25(2,3)29(23-14-6-4-7-15-23,24-16-8-5-9-17-24)28-19-11-18-27-22-13-10-12-21(26)20-22/h4-10,12-17,20,26H,11,18-19H2,1-3H3. The van der Waals surface area contributed by atoms with Crippen LogP contribution in [-0.4, -0.2) is 26.6 Å². The maximum atomic E-state index is 9.56. The van der Waals surface area contributed by atoms with Crippen LogP contribution in [0.4, 0.5) is 0 Å². The summed E-state index contributed by atoms with van der Waals surface area (Å²) in [6.07, 6.45) is 0.778. The van der Waals surface area contributed by atoms with E-state index in [0.717, 1.165) is 6.42 Å². The first-order valence-electron chi connectivity index (χ1n) is 10.1. The summed E-state index contributed by atoms with van der Waals surface area (Å²) in [6.45, 7) is 8.00. The molecule has 3 aromatic rings. The summed E-state index contributed by atoms with van der Waals surface area (Å²) in [5, 5.41) is 12.1. The molecule has 0 aromatic heterocycles. The monoisotopic (exact) mass is 406 g/mol. The molecule has 1 N–H and O–H groups in total. The van der Waals surface area contributed by atoms with Gasteiger partial charge in [0.1, 0.15) is 11.5 Å². The van der Waals surface area contributed by atoms with Gasteiger partial charge in [0.25, 0.3) is 8.32 Å². The molecule has 29 heavy (non-hydrogen) atoms. The van der Waals surface area contributed by atoms with Crippen LogP contribution in [0.1, 0.15) is 27.2 Å². The maximum absolute atomic E-state index is 9.56. The van der Waals surface area contributed by atoms with Crippen molar-refractivity contribution in [3.63, 3.8) is 0 Å². The Morgan fingerprint density at radius 2 is 1.34 bits per heavy atom. The second kappa shape index (κ2) is 9.29. The Kier molecular flexibility index (Phi) is 6.78. The lowest BCUT2D eigenvalue weighted by molar-refractivity contribution is 0.238. The van der Waals surface area contributed by atoms with Crippen LogP contribution in [0.5, 0.6) is 11.5 Å². The van der Waals surface area contributed by atoms with Crippen LogP contribution in [0.25, 0.3) is 0 Å². The molecule has 0 heterocycles. The smallest absolute Gasteiger partial charge is 0.261 e. The van der Waals surface area contributed by atoms with Crippen LogP contribution >= 0.6 is 0 Å². The molecule has 3 aromatic carbocycles. The zero-order valence-corrected chi connectivity index (χ0v) is 18.5. The molecule has 0 aliphatic carbocycles. The van der Waals surface area contributed by atoms with Crippen molar-refractivity contribution in [2.24, 2.45) is 0 Å². The molecular weight excluding hydrogens is 376 g/mol. The zero-order valence-electron chi connectivity index (χ0n) is 17.5. The molecule has 0 aliphatic rings. The van der Waals surface area contributed by atoms with Crippen LogP contribution in [-0.2, 0) is 4.43 Å². The highest BCUT2D eigenvalue weighted by Gasteiger charge is 2.49. The van der Waals surface area contributed by atoms with Gasteiger partial charge in [0.05, 0.1) is 6.61 Å². The van der Waals surface area contributed by atoms with Crippen LogP contribution in [0.15, 0.2) is 84.9 Å². The van der Waals surface area contributed by atoms with E-state index in [1.807, 2.05) is 6.07 Å². The molecule has 0 radical (unpaired) electrons. The predicted octanol–water partition coefficient (Wildman–Crippen LogP) is 4.74. The molecular formula is C25H30O3Si. The van der Waals surface area contributed by atoms with Crippen molar-refractivity contribution in [2.75, 3.05) is 13.2 Å². The molecule has 0 amide bonds. The van der Waals surface area contributed by atoms with E-state index in [-0.39, 0.29) is 10.8 Å². The molecule has 0 bridgehead atoms. The number of phenolic OH excluding ortho intramolecular Hbond substituents is 1. The average molecular weight is 407 g/mol. The van der Waals surface area contributed by atoms with Gasteiger partial charge in [-0.3, -0.25) is 0 Å². The summed E-state index contributed by atoms with van der Waals surface area (Å²) in [7, 11) is -2.48. The summed E-state index contributed by atoms with van der Waals surface area (Å²) in [4.78, 5) is 0. The highest BCUT2D eigenvalue weighted by Crippen LogP contribution is 2.36. The first kappa shape index (κ1) is 21.2. The maximum Gasteiger partial charge on any atom is 0.261 e. The zero-order chi connectivity index (χ0) is 20.7. The van der Waals surface area contributed by atoms with Gasteiger partial charge in [-0.2, -0.15) is 0 Å². The van der Waals surface area contributed by atoms with Crippen molar-refractivity contribution in [3.8, 4) is 11.5 Å². The number of hydrogen-bond donors (Lipinski definition) is 1. The highest BCUT2D eigenvalue weighted by molar-refractivity contribution is 6.99. The molecule has 0 aliphatic heterocycles. The second-order valence-corrected chi connectivity index (χ2v) is 12.5. The van der Waals surface area contributed by atoms with Crippen LogP contribution < -0.4 is 15.1 Å². The Hall–Kier alpha value is -2.56. The minimum Gasteiger partial charge on any atom is -0.508 e. The number of phenols is 1. The van der Waals surface area contributed by atoms with Gasteiger partial charge in [-0.1, -0.05) is 87.5 Å². The van der Waals surface area contributed by atoms with Gasteiger partial charge >= 0.3 is 0 Å². The Morgan fingerprint density at radius 3 is 1.86 bits per heavy atom. The lowest BCUT2D eigenvalue weighted by Gasteiger charge is -2.43. The van der Waals surface area contributed by atoms with Gasteiger partial charge in [-0.15, -0.1) is 0 Å². The third-order valence-electron chi connectivity index (χ3n) is 5.11. The first-order chi connectivity index (χ1) is 13.9. The van der Waals surface area contributed by atoms with Gasteiger partial charge in [0, 0.05) is 19.1 Å². The minimum absolute atomic E-state index is 0.0260. The molecule has 0 saturated heterocycles. The van der Waals surface area contributed by atoms with Gasteiger partial charge in [0.2, 0.25) is 0 Å². The Balaban J connectivity index is 1.78. The van der Waals surface area contributed by atoms with Gasteiger partial charge in [-0.05, 0) is 27.5 Å². The van der Waals surface area contributed by atoms with E-state index in [9.17, 15) is 5.11 Å². The molecule has 3 nitrogen and oxygen atoms in total. The second-order valence-electron chi connectivity index (χ2n) is 8.21. The van der Waals surface area contributed by atoms with E-state index in [1.165, 1.54) is 10.4 Å². The topological polar surface area (TPSA) is 38.7 Å². The third-order valence-corrected chi connectivity index (χ3v) is 10.2. The summed E-state index contributed by atoms with van der Waals surface area (Å²) < 4.78 is 12.6. The van der Waals surface area contributed by atoms with Gasteiger partial charge in [-0.25, -0.2) is 0 Å². The summed E-state index contributed by atoms with van der Waals surface area (Å²) in [5.74, 6) is 0.890. The van der Waals surface area contributed by atoms with Crippen molar-refractivity contribution in [2.45, 2.75) is 32.2 Å². The molecule has 0 spiro atoms. The van der Waals surface area contributed by atoms with Crippen LogP contribution in [0.3, 0.4) is 0 Å². The lowest BCUT2D eigenvalue weighted by Crippen LogP contribution is -2.66. The van der Waals surface area contributed by atoms with Crippen molar-refractivity contribution < 1.29 is 14.3 Å². The molecule has 3 rings (SSSR count). The summed E-state index contributed by atoms with van der Waals surface area (Å²) in [5.41, 5.74) is 0. The van der Waals surface area contributed by atoms with E-state index in [0.29, 0.717) is 19.0 Å². The molecule has 0 atom stereocenters. The van der Waals surface area contributed by atoms with E-state index in [2.05, 4.69) is 81.4 Å². The molecule has 0 unspecified atom stereocenters. The number of ether oxygens (including phenoxy) is 1. The fraction of sp³-hybridized carbons (Fsp3) is 0.280. The van der Waals surface area contributed by atoms with E-state index in [4.69, 9.17) is 9.16 Å². The van der Waals surface area contributed by atoms with Gasteiger partial charge in [0.15, 0.2) is 0 Å². The van der Waals surface area contributed by atoms with Crippen molar-refractivity contribution in [1.82, 2.24) is 0 Å².